The zero-order valence-corrected chi connectivity index (χ0v) is 11.2. The lowest BCUT2D eigenvalue weighted by Crippen LogP contribution is -2.28. The number of likely N-dealkylation sites (tertiary alicyclic amines) is 1. The number of thiazole rings is 1. The highest BCUT2D eigenvalue weighted by Crippen LogP contribution is 2.21. The lowest BCUT2D eigenvalue weighted by molar-refractivity contribution is -0.129. The monoisotopic (exact) mass is 254 g/mol. The quantitative estimate of drug-likeness (QED) is 0.822. The molecule has 0 aromatic carbocycles. The Hall–Kier alpha value is -0.940. The van der Waals surface area contributed by atoms with E-state index in [4.69, 9.17) is 4.74 Å². The first kappa shape index (κ1) is 12.5. The van der Waals surface area contributed by atoms with Crippen molar-refractivity contribution in [2.75, 3.05) is 20.2 Å². The van der Waals surface area contributed by atoms with Crippen molar-refractivity contribution in [3.05, 3.63) is 15.6 Å². The van der Waals surface area contributed by atoms with E-state index in [9.17, 15) is 4.79 Å². The zero-order valence-electron chi connectivity index (χ0n) is 10.4. The van der Waals surface area contributed by atoms with E-state index in [1.165, 1.54) is 0 Å². The second-order valence-corrected chi connectivity index (χ2v) is 5.48. The van der Waals surface area contributed by atoms with Crippen LogP contribution in [-0.2, 0) is 22.6 Å². The molecule has 0 bridgehead atoms. The highest BCUT2D eigenvalue weighted by molar-refractivity contribution is 7.11. The topological polar surface area (TPSA) is 42.4 Å². The molecule has 2 heterocycles. The van der Waals surface area contributed by atoms with Crippen molar-refractivity contribution in [3.63, 3.8) is 0 Å². The molecule has 17 heavy (non-hydrogen) atoms. The summed E-state index contributed by atoms with van der Waals surface area (Å²) in [7, 11) is 1.66. The number of hydrogen-bond donors (Lipinski definition) is 0. The molecule has 94 valence electrons. The zero-order chi connectivity index (χ0) is 12.3. The SMILES string of the molecule is COCc1nc(C)c(CC(=O)N2CCCC2)s1. The average molecular weight is 254 g/mol. The summed E-state index contributed by atoms with van der Waals surface area (Å²) in [5.74, 6) is 0.234. The Kier molecular flexibility index (Phi) is 4.12. The maximum Gasteiger partial charge on any atom is 0.227 e. The van der Waals surface area contributed by atoms with Crippen LogP contribution in [0.2, 0.25) is 0 Å². The van der Waals surface area contributed by atoms with Crippen LogP contribution in [-0.4, -0.2) is 36.0 Å². The van der Waals surface area contributed by atoms with Gasteiger partial charge >= 0.3 is 0 Å². The third-order valence-corrected chi connectivity index (χ3v) is 4.11. The first-order valence-electron chi connectivity index (χ1n) is 5.92. The number of methoxy groups -OCH3 is 1. The van der Waals surface area contributed by atoms with E-state index in [0.29, 0.717) is 13.0 Å². The van der Waals surface area contributed by atoms with Crippen LogP contribution in [0.1, 0.15) is 28.4 Å². The van der Waals surface area contributed by atoms with Crippen molar-refractivity contribution < 1.29 is 9.53 Å². The smallest absolute Gasteiger partial charge is 0.227 e. The molecule has 2 rings (SSSR count). The third kappa shape index (κ3) is 3.04. The molecule has 1 aromatic rings. The average Bonchev–Trinajstić information content (AvgIpc) is 2.90. The maximum atomic E-state index is 12.0. The van der Waals surface area contributed by atoms with Gasteiger partial charge in [-0.1, -0.05) is 0 Å². The van der Waals surface area contributed by atoms with Crippen LogP contribution < -0.4 is 0 Å². The highest BCUT2D eigenvalue weighted by Gasteiger charge is 2.20. The summed E-state index contributed by atoms with van der Waals surface area (Å²) in [5, 5.41) is 0.953. The fourth-order valence-electron chi connectivity index (χ4n) is 2.05. The predicted molar refractivity (Wildman–Crippen MR) is 67.1 cm³/mol. The molecule has 1 aromatic heterocycles. The minimum atomic E-state index is 0.234. The molecule has 0 unspecified atom stereocenters. The molecule has 0 saturated carbocycles. The van der Waals surface area contributed by atoms with E-state index in [1.807, 2.05) is 11.8 Å². The predicted octanol–water partition coefficient (Wildman–Crippen LogP) is 1.76. The van der Waals surface area contributed by atoms with Gasteiger partial charge in [0.15, 0.2) is 0 Å². The summed E-state index contributed by atoms with van der Waals surface area (Å²) >= 11 is 1.59. The molecule has 1 amide bonds. The number of amides is 1. The molecule has 0 N–H and O–H groups in total. The van der Waals surface area contributed by atoms with Gasteiger partial charge in [0, 0.05) is 25.1 Å². The Balaban J connectivity index is 1.99. The summed E-state index contributed by atoms with van der Waals surface area (Å²) in [4.78, 5) is 19.4. The van der Waals surface area contributed by atoms with Crippen molar-refractivity contribution in [2.24, 2.45) is 0 Å². The summed E-state index contributed by atoms with van der Waals surface area (Å²) in [6, 6.07) is 0. The van der Waals surface area contributed by atoms with Crippen molar-refractivity contribution in [1.82, 2.24) is 9.88 Å². The number of hydrogen-bond acceptors (Lipinski definition) is 4. The van der Waals surface area contributed by atoms with Crippen molar-refractivity contribution >= 4 is 17.2 Å². The van der Waals surface area contributed by atoms with Crippen molar-refractivity contribution in [3.8, 4) is 0 Å². The van der Waals surface area contributed by atoms with Gasteiger partial charge < -0.3 is 9.64 Å². The van der Waals surface area contributed by atoms with Crippen molar-refractivity contribution in [2.45, 2.75) is 32.8 Å². The molecule has 0 aliphatic carbocycles. The molecule has 1 fully saturated rings. The van der Waals surface area contributed by atoms with E-state index in [2.05, 4.69) is 4.98 Å². The third-order valence-electron chi connectivity index (χ3n) is 2.98. The molecule has 0 spiro atoms. The molecular formula is C12H18N2O2S. The molecular weight excluding hydrogens is 236 g/mol. The van der Waals surface area contributed by atoms with Gasteiger partial charge in [-0.15, -0.1) is 11.3 Å². The van der Waals surface area contributed by atoms with Gasteiger partial charge in [0.05, 0.1) is 18.7 Å². The Morgan fingerprint density at radius 3 is 2.82 bits per heavy atom. The number of carbonyl (C=O) groups excluding carboxylic acids is 1. The van der Waals surface area contributed by atoms with Gasteiger partial charge in [-0.3, -0.25) is 4.79 Å². The normalized spacial score (nSPS) is 15.5. The second-order valence-electron chi connectivity index (χ2n) is 4.31. The molecule has 5 heteroatoms. The molecule has 1 aliphatic rings. The summed E-state index contributed by atoms with van der Waals surface area (Å²) < 4.78 is 5.05. The van der Waals surface area contributed by atoms with Gasteiger partial charge in [0.2, 0.25) is 5.91 Å². The van der Waals surface area contributed by atoms with E-state index in [-0.39, 0.29) is 5.91 Å². The van der Waals surface area contributed by atoms with Crippen LogP contribution in [0.3, 0.4) is 0 Å². The first-order chi connectivity index (χ1) is 8.20. The van der Waals surface area contributed by atoms with Gasteiger partial charge in [0.25, 0.3) is 0 Å². The lowest BCUT2D eigenvalue weighted by atomic mass is 10.3. The van der Waals surface area contributed by atoms with E-state index in [0.717, 1.165) is 41.5 Å². The van der Waals surface area contributed by atoms with Gasteiger partial charge in [-0.25, -0.2) is 4.98 Å². The fourth-order valence-corrected chi connectivity index (χ4v) is 3.09. The molecule has 1 saturated heterocycles. The van der Waals surface area contributed by atoms with Gasteiger partial charge in [-0.2, -0.15) is 0 Å². The summed E-state index contributed by atoms with van der Waals surface area (Å²) in [6.45, 7) is 4.33. The minimum Gasteiger partial charge on any atom is -0.378 e. The van der Waals surface area contributed by atoms with Crippen LogP contribution in [0.25, 0.3) is 0 Å². The van der Waals surface area contributed by atoms with Crippen molar-refractivity contribution in [1.29, 1.82) is 0 Å². The number of nitrogens with zero attached hydrogens (tertiary/aromatic N) is 2. The number of aryl methyl sites for hydroxylation is 1. The molecule has 0 radical (unpaired) electrons. The second kappa shape index (κ2) is 5.60. The maximum absolute atomic E-state index is 12.0. The number of ether oxygens (including phenoxy) is 1. The van der Waals surface area contributed by atoms with Crippen LogP contribution >= 0.6 is 11.3 Å². The van der Waals surface area contributed by atoms with E-state index >= 15 is 0 Å². The molecule has 0 atom stereocenters. The highest BCUT2D eigenvalue weighted by atomic mass is 32.1. The Bertz CT molecular complexity index is 397. The largest absolute Gasteiger partial charge is 0.378 e. The van der Waals surface area contributed by atoms with Crippen LogP contribution in [0, 0.1) is 6.92 Å². The van der Waals surface area contributed by atoms with Gasteiger partial charge in [0.1, 0.15) is 5.01 Å². The minimum absolute atomic E-state index is 0.234. The van der Waals surface area contributed by atoms with Crippen LogP contribution in [0.5, 0.6) is 0 Å². The Morgan fingerprint density at radius 1 is 1.47 bits per heavy atom. The fraction of sp³-hybridized carbons (Fsp3) is 0.667. The van der Waals surface area contributed by atoms with Crippen LogP contribution in [0.4, 0.5) is 0 Å². The Morgan fingerprint density at radius 2 is 2.18 bits per heavy atom. The van der Waals surface area contributed by atoms with E-state index < -0.39 is 0 Å². The lowest BCUT2D eigenvalue weighted by Gasteiger charge is -2.14. The first-order valence-corrected chi connectivity index (χ1v) is 6.74. The molecule has 1 aliphatic heterocycles. The number of carbonyl (C=O) groups is 1. The van der Waals surface area contributed by atoms with Crippen LogP contribution in [0.15, 0.2) is 0 Å². The number of rotatable bonds is 4. The number of aromatic nitrogens is 1. The molecule has 4 nitrogen and oxygen atoms in total. The summed E-state index contributed by atoms with van der Waals surface area (Å²) in [5.41, 5.74) is 0.967. The van der Waals surface area contributed by atoms with Gasteiger partial charge in [-0.05, 0) is 19.8 Å². The Labute approximate surface area is 106 Å². The van der Waals surface area contributed by atoms with E-state index in [1.54, 1.807) is 18.4 Å². The summed E-state index contributed by atoms with van der Waals surface area (Å²) in [6.07, 6.45) is 2.78. The standard InChI is InChI=1S/C12H18N2O2S/c1-9-10(17-11(13-9)8-16-2)7-12(15)14-5-3-4-6-14/h3-8H2,1-2H3.